The molecule has 0 N–H and O–H groups in total. The molecule has 0 heterocycles. The number of ether oxygens (including phenoxy) is 1. The summed E-state index contributed by atoms with van der Waals surface area (Å²) in [6.45, 7) is 6.72. The average Bonchev–Trinajstić information content (AvgIpc) is 2.35. The molecule has 0 aromatic carbocycles. The Bertz CT molecular complexity index is 315. The Labute approximate surface area is 116 Å². The van der Waals surface area contributed by atoms with Crippen LogP contribution in [-0.2, 0) is 14.3 Å². The van der Waals surface area contributed by atoms with Crippen LogP contribution in [0.2, 0.25) is 0 Å². The Morgan fingerprint density at radius 1 is 1.21 bits per heavy atom. The lowest BCUT2D eigenvalue weighted by atomic mass is 9.75. The molecule has 0 atom stereocenters. The van der Waals surface area contributed by atoms with Gasteiger partial charge in [0.25, 0.3) is 0 Å². The summed E-state index contributed by atoms with van der Waals surface area (Å²) in [5, 5.41) is 0. The molecule has 1 amide bonds. The first-order chi connectivity index (χ1) is 8.85. The summed E-state index contributed by atoms with van der Waals surface area (Å²) in [5.41, 5.74) is 0.408. The topological polar surface area (TPSA) is 46.6 Å². The van der Waals surface area contributed by atoms with E-state index >= 15 is 0 Å². The number of nitrogens with zero attached hydrogens (tertiary/aromatic N) is 1. The summed E-state index contributed by atoms with van der Waals surface area (Å²) >= 11 is 0. The largest absolute Gasteiger partial charge is 0.466 e. The van der Waals surface area contributed by atoms with Crippen LogP contribution in [0.1, 0.15) is 59.3 Å². The van der Waals surface area contributed by atoms with E-state index in [0.29, 0.717) is 18.1 Å². The van der Waals surface area contributed by atoms with E-state index in [0.717, 1.165) is 25.7 Å². The van der Waals surface area contributed by atoms with Gasteiger partial charge in [-0.3, -0.25) is 9.59 Å². The van der Waals surface area contributed by atoms with E-state index in [2.05, 4.69) is 13.8 Å². The van der Waals surface area contributed by atoms with E-state index in [-0.39, 0.29) is 24.7 Å². The third kappa shape index (κ3) is 5.21. The van der Waals surface area contributed by atoms with Crippen LogP contribution in [-0.4, -0.2) is 36.5 Å². The fourth-order valence-electron chi connectivity index (χ4n) is 2.59. The Morgan fingerprint density at radius 2 is 1.79 bits per heavy atom. The molecular formula is C15H27NO3. The highest BCUT2D eigenvalue weighted by atomic mass is 16.5. The molecule has 19 heavy (non-hydrogen) atoms. The highest BCUT2D eigenvalue weighted by Gasteiger charge is 2.30. The van der Waals surface area contributed by atoms with Crippen molar-refractivity contribution in [1.82, 2.24) is 4.90 Å². The van der Waals surface area contributed by atoms with Crippen LogP contribution in [0.3, 0.4) is 0 Å². The molecule has 0 aromatic rings. The average molecular weight is 269 g/mol. The molecule has 110 valence electrons. The molecule has 0 aliphatic heterocycles. The second-order valence-electron chi connectivity index (χ2n) is 6.21. The van der Waals surface area contributed by atoms with Gasteiger partial charge in [-0.2, -0.15) is 0 Å². The lowest BCUT2D eigenvalue weighted by Crippen LogP contribution is -2.40. The molecule has 1 fully saturated rings. The van der Waals surface area contributed by atoms with E-state index in [1.54, 1.807) is 6.92 Å². The van der Waals surface area contributed by atoms with Gasteiger partial charge in [-0.15, -0.1) is 0 Å². The van der Waals surface area contributed by atoms with E-state index in [9.17, 15) is 9.59 Å². The van der Waals surface area contributed by atoms with Crippen molar-refractivity contribution in [3.63, 3.8) is 0 Å². The third-order valence-electron chi connectivity index (χ3n) is 4.10. The number of amides is 1. The zero-order chi connectivity index (χ0) is 14.5. The van der Waals surface area contributed by atoms with Crippen molar-refractivity contribution in [3.05, 3.63) is 0 Å². The van der Waals surface area contributed by atoms with Crippen molar-refractivity contribution in [2.45, 2.75) is 65.3 Å². The van der Waals surface area contributed by atoms with Gasteiger partial charge < -0.3 is 9.64 Å². The molecule has 1 aliphatic rings. The minimum atomic E-state index is -0.283. The van der Waals surface area contributed by atoms with Crippen molar-refractivity contribution in [2.24, 2.45) is 5.41 Å². The monoisotopic (exact) mass is 269 g/mol. The molecule has 0 spiro atoms. The Morgan fingerprint density at radius 3 is 2.32 bits per heavy atom. The Hall–Kier alpha value is -1.06. The van der Waals surface area contributed by atoms with Gasteiger partial charge in [-0.25, -0.2) is 0 Å². The van der Waals surface area contributed by atoms with Crippen molar-refractivity contribution < 1.29 is 14.3 Å². The lowest BCUT2D eigenvalue weighted by molar-refractivity contribution is -0.146. The first-order valence-corrected chi connectivity index (χ1v) is 7.27. The van der Waals surface area contributed by atoms with Gasteiger partial charge in [0, 0.05) is 19.5 Å². The van der Waals surface area contributed by atoms with Crippen LogP contribution in [0.4, 0.5) is 0 Å². The van der Waals surface area contributed by atoms with Crippen LogP contribution >= 0.6 is 0 Å². The molecular weight excluding hydrogens is 242 g/mol. The van der Waals surface area contributed by atoms with Crippen molar-refractivity contribution in [3.8, 4) is 0 Å². The molecule has 1 aliphatic carbocycles. The van der Waals surface area contributed by atoms with Gasteiger partial charge in [-0.05, 0) is 38.0 Å². The second-order valence-corrected chi connectivity index (χ2v) is 6.21. The van der Waals surface area contributed by atoms with E-state index in [1.807, 2.05) is 11.9 Å². The summed E-state index contributed by atoms with van der Waals surface area (Å²) in [6, 6.07) is 0.336. The fourth-order valence-corrected chi connectivity index (χ4v) is 2.59. The molecule has 0 unspecified atom stereocenters. The Balaban J connectivity index is 2.34. The molecule has 1 saturated carbocycles. The quantitative estimate of drug-likeness (QED) is 0.721. The third-order valence-corrected chi connectivity index (χ3v) is 4.10. The van der Waals surface area contributed by atoms with Gasteiger partial charge in [-0.1, -0.05) is 13.8 Å². The SMILES string of the molecule is CCOC(=O)CCC(=O)N(C)C1CCC(C)(C)CC1. The highest BCUT2D eigenvalue weighted by molar-refractivity contribution is 5.81. The smallest absolute Gasteiger partial charge is 0.306 e. The molecule has 0 saturated heterocycles. The maximum atomic E-state index is 12.0. The van der Waals surface area contributed by atoms with Gasteiger partial charge in [0.05, 0.1) is 13.0 Å². The van der Waals surface area contributed by atoms with Gasteiger partial charge in [0.15, 0.2) is 0 Å². The van der Waals surface area contributed by atoms with E-state index < -0.39 is 0 Å². The number of hydrogen-bond donors (Lipinski definition) is 0. The lowest BCUT2D eigenvalue weighted by Gasteiger charge is -2.38. The number of rotatable bonds is 5. The summed E-state index contributed by atoms with van der Waals surface area (Å²) in [7, 11) is 1.86. The van der Waals surface area contributed by atoms with Gasteiger partial charge >= 0.3 is 5.97 Å². The molecule has 0 aromatic heterocycles. The highest BCUT2D eigenvalue weighted by Crippen LogP contribution is 2.36. The Kier molecular flexibility index (Phi) is 5.83. The summed E-state index contributed by atoms with van der Waals surface area (Å²) in [4.78, 5) is 25.1. The van der Waals surface area contributed by atoms with Crippen LogP contribution in [0.25, 0.3) is 0 Å². The zero-order valence-corrected chi connectivity index (χ0v) is 12.7. The predicted molar refractivity (Wildman–Crippen MR) is 74.7 cm³/mol. The normalized spacial score (nSPS) is 18.9. The van der Waals surface area contributed by atoms with E-state index in [4.69, 9.17) is 4.74 Å². The standard InChI is InChI=1S/C15H27NO3/c1-5-19-14(18)7-6-13(17)16(4)12-8-10-15(2,3)11-9-12/h12H,5-11H2,1-4H3. The summed E-state index contributed by atoms with van der Waals surface area (Å²) < 4.78 is 4.84. The predicted octanol–water partition coefficient (Wildman–Crippen LogP) is 2.76. The van der Waals surface area contributed by atoms with Crippen LogP contribution < -0.4 is 0 Å². The van der Waals surface area contributed by atoms with Crippen LogP contribution in [0, 0.1) is 5.41 Å². The first-order valence-electron chi connectivity index (χ1n) is 7.27. The molecule has 4 heteroatoms. The number of esters is 1. The maximum Gasteiger partial charge on any atom is 0.306 e. The zero-order valence-electron chi connectivity index (χ0n) is 12.7. The van der Waals surface area contributed by atoms with Crippen LogP contribution in [0.5, 0.6) is 0 Å². The van der Waals surface area contributed by atoms with Gasteiger partial charge in [0.2, 0.25) is 5.91 Å². The summed E-state index contributed by atoms with van der Waals surface area (Å²) in [5.74, 6) is -0.230. The minimum Gasteiger partial charge on any atom is -0.466 e. The molecule has 0 bridgehead atoms. The number of carbonyl (C=O) groups excluding carboxylic acids is 2. The molecule has 4 nitrogen and oxygen atoms in total. The van der Waals surface area contributed by atoms with Gasteiger partial charge in [0.1, 0.15) is 0 Å². The van der Waals surface area contributed by atoms with Crippen LogP contribution in [0.15, 0.2) is 0 Å². The van der Waals surface area contributed by atoms with Crippen molar-refractivity contribution in [2.75, 3.05) is 13.7 Å². The molecule has 1 rings (SSSR count). The number of carbonyl (C=O) groups is 2. The van der Waals surface area contributed by atoms with E-state index in [1.165, 1.54) is 0 Å². The fraction of sp³-hybridized carbons (Fsp3) is 0.867. The number of hydrogen-bond acceptors (Lipinski definition) is 3. The van der Waals surface area contributed by atoms with Crippen molar-refractivity contribution >= 4 is 11.9 Å². The van der Waals surface area contributed by atoms with Crippen molar-refractivity contribution in [1.29, 1.82) is 0 Å². The molecule has 0 radical (unpaired) electrons. The minimum absolute atomic E-state index is 0.0535. The first kappa shape index (κ1) is 16.0. The maximum absolute atomic E-state index is 12.0. The second kappa shape index (κ2) is 6.92. The summed E-state index contributed by atoms with van der Waals surface area (Å²) in [6.07, 6.45) is 4.90.